The van der Waals surface area contributed by atoms with Gasteiger partial charge in [-0.25, -0.2) is 0 Å². The first kappa shape index (κ1) is 16.7. The number of benzene rings is 1. The van der Waals surface area contributed by atoms with Crippen molar-refractivity contribution in [3.63, 3.8) is 0 Å². The van der Waals surface area contributed by atoms with Crippen LogP contribution in [0.3, 0.4) is 0 Å². The van der Waals surface area contributed by atoms with E-state index in [1.54, 1.807) is 6.08 Å². The van der Waals surface area contributed by atoms with Gasteiger partial charge in [0.25, 0.3) is 0 Å². The molecule has 0 amide bonds. The van der Waals surface area contributed by atoms with Crippen molar-refractivity contribution in [1.29, 1.82) is 0 Å². The molecule has 0 bridgehead atoms. The number of aliphatic hydroxyl groups excluding tert-OH is 2. The minimum atomic E-state index is -0.548. The number of hydrogen-bond donors (Lipinski definition) is 3. The van der Waals surface area contributed by atoms with Crippen LogP contribution < -0.4 is 10.1 Å². The molecule has 1 unspecified atom stereocenters. The fourth-order valence-corrected chi connectivity index (χ4v) is 1.73. The van der Waals surface area contributed by atoms with Crippen molar-refractivity contribution >= 4 is 6.08 Å². The van der Waals surface area contributed by atoms with Crippen molar-refractivity contribution in [2.24, 2.45) is 0 Å². The van der Waals surface area contributed by atoms with Crippen LogP contribution in [-0.4, -0.2) is 42.1 Å². The topological polar surface area (TPSA) is 61.7 Å². The van der Waals surface area contributed by atoms with Gasteiger partial charge in [0.1, 0.15) is 18.5 Å². The molecule has 0 saturated heterocycles. The van der Waals surface area contributed by atoms with E-state index in [0.29, 0.717) is 18.3 Å². The number of aliphatic hydroxyl groups is 2. The van der Waals surface area contributed by atoms with Crippen LogP contribution in [0.5, 0.6) is 5.75 Å². The fraction of sp³-hybridized carbons (Fsp3) is 0.500. The highest BCUT2D eigenvalue weighted by Gasteiger charge is 2.08. The number of hydrogen-bond acceptors (Lipinski definition) is 4. The van der Waals surface area contributed by atoms with Crippen LogP contribution in [0.15, 0.2) is 24.3 Å². The average molecular weight is 279 g/mol. The van der Waals surface area contributed by atoms with Crippen LogP contribution in [0, 0.1) is 6.92 Å². The molecule has 0 heterocycles. The Hall–Kier alpha value is -1.36. The van der Waals surface area contributed by atoms with E-state index in [1.807, 2.05) is 45.0 Å². The molecule has 0 aliphatic carbocycles. The molecule has 0 aromatic heterocycles. The predicted octanol–water partition coefficient (Wildman–Crippen LogP) is 1.74. The first-order valence-electron chi connectivity index (χ1n) is 6.95. The SMILES string of the molecule is Cc1ccc(OCC(O)CNC(C)C)c(/C=C/CO)c1. The van der Waals surface area contributed by atoms with Gasteiger partial charge >= 0.3 is 0 Å². The van der Waals surface area contributed by atoms with Crippen molar-refractivity contribution in [2.75, 3.05) is 19.8 Å². The highest BCUT2D eigenvalue weighted by Crippen LogP contribution is 2.21. The highest BCUT2D eigenvalue weighted by atomic mass is 16.5. The molecule has 0 saturated carbocycles. The zero-order valence-corrected chi connectivity index (χ0v) is 12.5. The van der Waals surface area contributed by atoms with Crippen LogP contribution in [0.4, 0.5) is 0 Å². The van der Waals surface area contributed by atoms with E-state index in [1.165, 1.54) is 0 Å². The third kappa shape index (κ3) is 6.19. The van der Waals surface area contributed by atoms with Gasteiger partial charge in [-0.15, -0.1) is 0 Å². The molecule has 112 valence electrons. The van der Waals surface area contributed by atoms with Gasteiger partial charge in [-0.2, -0.15) is 0 Å². The first-order valence-corrected chi connectivity index (χ1v) is 6.95. The molecule has 0 radical (unpaired) electrons. The summed E-state index contributed by atoms with van der Waals surface area (Å²) in [5.41, 5.74) is 2.03. The van der Waals surface area contributed by atoms with E-state index < -0.39 is 6.10 Å². The monoisotopic (exact) mass is 279 g/mol. The van der Waals surface area contributed by atoms with E-state index in [2.05, 4.69) is 5.32 Å². The Morgan fingerprint density at radius 3 is 2.75 bits per heavy atom. The molecule has 0 spiro atoms. The summed E-state index contributed by atoms with van der Waals surface area (Å²) in [6.07, 6.45) is 2.94. The molecule has 1 aromatic carbocycles. The Morgan fingerprint density at radius 2 is 2.10 bits per heavy atom. The maximum atomic E-state index is 9.84. The quantitative estimate of drug-likeness (QED) is 0.678. The Morgan fingerprint density at radius 1 is 1.35 bits per heavy atom. The largest absolute Gasteiger partial charge is 0.490 e. The minimum absolute atomic E-state index is 0.00564. The van der Waals surface area contributed by atoms with Gasteiger partial charge in [0.15, 0.2) is 0 Å². The molecule has 4 heteroatoms. The first-order chi connectivity index (χ1) is 9.52. The van der Waals surface area contributed by atoms with E-state index >= 15 is 0 Å². The van der Waals surface area contributed by atoms with Crippen molar-refractivity contribution in [1.82, 2.24) is 5.32 Å². The van der Waals surface area contributed by atoms with Gasteiger partial charge in [0, 0.05) is 18.2 Å². The van der Waals surface area contributed by atoms with E-state index in [0.717, 1.165) is 11.1 Å². The molecule has 0 fully saturated rings. The number of nitrogens with one attached hydrogen (secondary N) is 1. The maximum absolute atomic E-state index is 9.84. The standard InChI is InChI=1S/C16H25NO3/c1-12(2)17-10-15(19)11-20-16-7-6-13(3)9-14(16)5-4-8-18/h4-7,9,12,15,17-19H,8,10-11H2,1-3H3/b5-4+. The summed E-state index contributed by atoms with van der Waals surface area (Å²) in [6.45, 7) is 6.81. The summed E-state index contributed by atoms with van der Waals surface area (Å²) in [4.78, 5) is 0. The Labute approximate surface area is 121 Å². The summed E-state index contributed by atoms with van der Waals surface area (Å²) < 4.78 is 5.66. The summed E-state index contributed by atoms with van der Waals surface area (Å²) in [7, 11) is 0. The summed E-state index contributed by atoms with van der Waals surface area (Å²) >= 11 is 0. The third-order valence-corrected chi connectivity index (χ3v) is 2.76. The molecule has 20 heavy (non-hydrogen) atoms. The van der Waals surface area contributed by atoms with Crippen LogP contribution in [0.25, 0.3) is 6.08 Å². The Bertz CT molecular complexity index is 430. The molecule has 1 atom stereocenters. The summed E-state index contributed by atoms with van der Waals surface area (Å²) in [6, 6.07) is 6.17. The molecular formula is C16H25NO3. The Kier molecular flexibility index (Phi) is 7.30. The number of aryl methyl sites for hydroxylation is 1. The van der Waals surface area contributed by atoms with Gasteiger partial charge in [-0.05, 0) is 19.1 Å². The van der Waals surface area contributed by atoms with Crippen molar-refractivity contribution in [2.45, 2.75) is 32.9 Å². The van der Waals surface area contributed by atoms with Gasteiger partial charge in [-0.1, -0.05) is 37.6 Å². The number of rotatable bonds is 8. The molecule has 1 aromatic rings. The smallest absolute Gasteiger partial charge is 0.126 e. The van der Waals surface area contributed by atoms with E-state index in [4.69, 9.17) is 9.84 Å². The highest BCUT2D eigenvalue weighted by molar-refractivity contribution is 5.58. The van der Waals surface area contributed by atoms with Gasteiger partial charge in [-0.3, -0.25) is 0 Å². The zero-order valence-electron chi connectivity index (χ0n) is 12.5. The molecule has 3 N–H and O–H groups in total. The molecule has 0 aliphatic heterocycles. The second-order valence-electron chi connectivity index (χ2n) is 5.15. The van der Waals surface area contributed by atoms with Crippen LogP contribution in [-0.2, 0) is 0 Å². The summed E-state index contributed by atoms with van der Waals surface area (Å²) in [5, 5.41) is 21.8. The van der Waals surface area contributed by atoms with E-state index in [-0.39, 0.29) is 13.2 Å². The molecular weight excluding hydrogens is 254 g/mol. The van der Waals surface area contributed by atoms with Crippen LogP contribution in [0.1, 0.15) is 25.0 Å². The summed E-state index contributed by atoms with van der Waals surface area (Å²) in [5.74, 6) is 0.712. The fourth-order valence-electron chi connectivity index (χ4n) is 1.73. The van der Waals surface area contributed by atoms with Crippen molar-refractivity contribution in [3.05, 3.63) is 35.4 Å². The molecule has 0 aliphatic rings. The van der Waals surface area contributed by atoms with Crippen LogP contribution >= 0.6 is 0 Å². The van der Waals surface area contributed by atoms with Gasteiger partial charge < -0.3 is 20.3 Å². The lowest BCUT2D eigenvalue weighted by molar-refractivity contribution is 0.104. The third-order valence-electron chi connectivity index (χ3n) is 2.76. The second-order valence-corrected chi connectivity index (χ2v) is 5.15. The van der Waals surface area contributed by atoms with Gasteiger partial charge in [0.05, 0.1) is 6.61 Å². The normalized spacial score (nSPS) is 13.1. The number of ether oxygens (including phenoxy) is 1. The lowest BCUT2D eigenvalue weighted by atomic mass is 10.1. The van der Waals surface area contributed by atoms with E-state index in [9.17, 15) is 5.11 Å². The lowest BCUT2D eigenvalue weighted by Gasteiger charge is -2.16. The molecule has 1 rings (SSSR count). The van der Waals surface area contributed by atoms with Crippen molar-refractivity contribution < 1.29 is 14.9 Å². The average Bonchev–Trinajstić information content (AvgIpc) is 2.41. The zero-order chi connectivity index (χ0) is 15.0. The molecule has 4 nitrogen and oxygen atoms in total. The Balaban J connectivity index is 2.60. The second kappa shape index (κ2) is 8.74. The van der Waals surface area contributed by atoms with Crippen molar-refractivity contribution in [3.8, 4) is 5.75 Å². The lowest BCUT2D eigenvalue weighted by Crippen LogP contribution is -2.35. The van der Waals surface area contributed by atoms with Crippen LogP contribution in [0.2, 0.25) is 0 Å². The van der Waals surface area contributed by atoms with Gasteiger partial charge in [0.2, 0.25) is 0 Å². The maximum Gasteiger partial charge on any atom is 0.126 e. The minimum Gasteiger partial charge on any atom is -0.490 e. The predicted molar refractivity (Wildman–Crippen MR) is 81.9 cm³/mol.